The lowest BCUT2D eigenvalue weighted by Gasteiger charge is -2.19. The van der Waals surface area contributed by atoms with Crippen molar-refractivity contribution in [3.63, 3.8) is 0 Å². The highest BCUT2D eigenvalue weighted by atomic mass is 32.2. The minimum atomic E-state index is -3.66. The lowest BCUT2D eigenvalue weighted by Crippen LogP contribution is -2.26. The van der Waals surface area contributed by atoms with Gasteiger partial charge in [-0.1, -0.05) is 19.1 Å². The Balaban J connectivity index is 2.32. The first kappa shape index (κ1) is 15.2. The lowest BCUT2D eigenvalue weighted by molar-refractivity contribution is 0.593. The molecule has 2 aromatic rings. The second-order valence-electron chi connectivity index (χ2n) is 4.48. The topological polar surface area (TPSA) is 75.2 Å². The van der Waals surface area contributed by atoms with E-state index in [2.05, 4.69) is 22.2 Å². The van der Waals surface area contributed by atoms with E-state index in [9.17, 15) is 8.42 Å². The van der Waals surface area contributed by atoms with Crippen LogP contribution in [0, 0.1) is 0 Å². The summed E-state index contributed by atoms with van der Waals surface area (Å²) in [5.41, 5.74) is 1.76. The van der Waals surface area contributed by atoms with Gasteiger partial charge in [-0.2, -0.15) is 0 Å². The van der Waals surface area contributed by atoms with Gasteiger partial charge in [-0.3, -0.25) is 4.31 Å². The quantitative estimate of drug-likeness (QED) is 0.913. The third kappa shape index (κ3) is 3.13. The molecular weight excluding hydrogens is 288 g/mol. The van der Waals surface area contributed by atoms with Gasteiger partial charge in [0.05, 0.1) is 18.1 Å². The first-order chi connectivity index (χ1) is 9.98. The number of hydrogen-bond acceptors (Lipinski definition) is 5. The maximum Gasteiger partial charge on any atom is 0.267 e. The van der Waals surface area contributed by atoms with Gasteiger partial charge in [0.1, 0.15) is 4.90 Å². The van der Waals surface area contributed by atoms with Gasteiger partial charge < -0.3 is 5.32 Å². The van der Waals surface area contributed by atoms with Crippen molar-refractivity contribution in [2.24, 2.45) is 0 Å². The fraction of sp³-hybridized carbons (Fsp3) is 0.286. The van der Waals surface area contributed by atoms with Crippen LogP contribution in [0.5, 0.6) is 0 Å². The minimum Gasteiger partial charge on any atom is -0.357 e. The number of hydrogen-bond donors (Lipinski definition) is 1. The first-order valence-electron chi connectivity index (χ1n) is 6.56. The summed E-state index contributed by atoms with van der Waals surface area (Å²) in [5, 5.41) is 2.75. The van der Waals surface area contributed by atoms with Crippen molar-refractivity contribution in [2.75, 3.05) is 23.7 Å². The molecule has 0 atom stereocenters. The van der Waals surface area contributed by atoms with Crippen LogP contribution in [-0.2, 0) is 16.4 Å². The highest BCUT2D eigenvalue weighted by molar-refractivity contribution is 7.92. The summed E-state index contributed by atoms with van der Waals surface area (Å²) < 4.78 is 26.3. The molecule has 0 radical (unpaired) electrons. The van der Waals surface area contributed by atoms with Gasteiger partial charge in [0.25, 0.3) is 10.0 Å². The first-order valence-corrected chi connectivity index (χ1v) is 8.00. The van der Waals surface area contributed by atoms with Crippen LogP contribution < -0.4 is 9.62 Å². The third-order valence-corrected chi connectivity index (χ3v) is 4.96. The van der Waals surface area contributed by atoms with E-state index in [1.54, 1.807) is 19.2 Å². The average molecular weight is 306 g/mol. The maximum absolute atomic E-state index is 12.5. The Morgan fingerprint density at radius 1 is 1.14 bits per heavy atom. The van der Waals surface area contributed by atoms with Crippen molar-refractivity contribution in [3.8, 4) is 0 Å². The fourth-order valence-electron chi connectivity index (χ4n) is 1.82. The molecule has 0 unspecified atom stereocenters. The van der Waals surface area contributed by atoms with Crippen LogP contribution >= 0.6 is 0 Å². The monoisotopic (exact) mass is 306 g/mol. The van der Waals surface area contributed by atoms with E-state index in [-0.39, 0.29) is 4.90 Å². The molecule has 1 aromatic heterocycles. The minimum absolute atomic E-state index is 0.0589. The Kier molecular flexibility index (Phi) is 4.42. The molecule has 0 aliphatic carbocycles. The highest BCUT2D eigenvalue weighted by Gasteiger charge is 2.22. The Morgan fingerprint density at radius 3 is 2.19 bits per heavy atom. The number of anilines is 2. The number of sulfonamides is 1. The molecule has 0 saturated heterocycles. The van der Waals surface area contributed by atoms with Gasteiger partial charge in [-0.25, -0.2) is 18.4 Å². The van der Waals surface area contributed by atoms with E-state index in [4.69, 9.17) is 0 Å². The molecule has 0 bridgehead atoms. The predicted molar refractivity (Wildman–Crippen MR) is 83.0 cm³/mol. The van der Waals surface area contributed by atoms with Crippen LogP contribution in [0.4, 0.5) is 11.6 Å². The summed E-state index contributed by atoms with van der Waals surface area (Å²) in [6.45, 7) is 2.05. The average Bonchev–Trinajstić information content (AvgIpc) is 2.54. The number of aromatic nitrogens is 2. The summed E-state index contributed by atoms with van der Waals surface area (Å²) in [6.07, 6.45) is 3.51. The van der Waals surface area contributed by atoms with E-state index >= 15 is 0 Å². The number of rotatable bonds is 5. The standard InChI is InChI=1S/C14H18N4O2S/c1-4-11-5-7-12(8-6-11)18(3)21(19,20)13-9-16-14(15-2)17-10-13/h5-10H,4H2,1-3H3,(H,15,16,17). The van der Waals surface area contributed by atoms with Gasteiger partial charge in [0.15, 0.2) is 0 Å². The van der Waals surface area contributed by atoms with Crippen LogP contribution in [0.25, 0.3) is 0 Å². The molecule has 0 saturated carbocycles. The summed E-state index contributed by atoms with van der Waals surface area (Å²) >= 11 is 0. The molecule has 6 nitrogen and oxygen atoms in total. The Hall–Kier alpha value is -2.15. The summed E-state index contributed by atoms with van der Waals surface area (Å²) in [7, 11) is -0.468. The molecule has 0 amide bonds. The molecule has 0 fully saturated rings. The molecule has 0 spiro atoms. The van der Waals surface area contributed by atoms with Crippen molar-refractivity contribution in [1.82, 2.24) is 9.97 Å². The normalized spacial score (nSPS) is 11.2. The van der Waals surface area contributed by atoms with Crippen LogP contribution in [0.2, 0.25) is 0 Å². The molecule has 1 aromatic carbocycles. The van der Waals surface area contributed by atoms with E-state index in [0.29, 0.717) is 11.6 Å². The molecule has 1 heterocycles. The van der Waals surface area contributed by atoms with Crippen molar-refractivity contribution >= 4 is 21.7 Å². The summed E-state index contributed by atoms with van der Waals surface area (Å²) in [4.78, 5) is 7.94. The van der Waals surface area contributed by atoms with Gasteiger partial charge in [-0.15, -0.1) is 0 Å². The molecule has 112 valence electrons. The van der Waals surface area contributed by atoms with Crippen molar-refractivity contribution in [2.45, 2.75) is 18.2 Å². The Labute approximate surface area is 124 Å². The number of nitrogens with zero attached hydrogens (tertiary/aromatic N) is 3. The zero-order valence-corrected chi connectivity index (χ0v) is 13.1. The van der Waals surface area contributed by atoms with Crippen LogP contribution in [0.15, 0.2) is 41.6 Å². The molecule has 2 rings (SSSR count). The van der Waals surface area contributed by atoms with Gasteiger partial charge in [0.2, 0.25) is 5.95 Å². The van der Waals surface area contributed by atoms with E-state index in [1.165, 1.54) is 23.7 Å². The highest BCUT2D eigenvalue weighted by Crippen LogP contribution is 2.22. The molecule has 1 N–H and O–H groups in total. The second-order valence-corrected chi connectivity index (χ2v) is 6.45. The maximum atomic E-state index is 12.5. The van der Waals surface area contributed by atoms with Crippen LogP contribution in [0.3, 0.4) is 0 Å². The van der Waals surface area contributed by atoms with Crippen LogP contribution in [0.1, 0.15) is 12.5 Å². The largest absolute Gasteiger partial charge is 0.357 e. The molecule has 0 aliphatic heterocycles. The Bertz CT molecular complexity index is 697. The molecular formula is C14H18N4O2S. The van der Waals surface area contributed by atoms with Crippen molar-refractivity contribution in [3.05, 3.63) is 42.2 Å². The Morgan fingerprint density at radius 2 is 1.71 bits per heavy atom. The third-order valence-electron chi connectivity index (χ3n) is 3.22. The zero-order chi connectivity index (χ0) is 15.5. The molecule has 7 heteroatoms. The summed E-state index contributed by atoms with van der Waals surface area (Å²) in [5.74, 6) is 0.379. The van der Waals surface area contributed by atoms with Gasteiger partial charge in [-0.05, 0) is 24.1 Å². The zero-order valence-electron chi connectivity index (χ0n) is 12.2. The summed E-state index contributed by atoms with van der Waals surface area (Å²) in [6, 6.07) is 7.42. The fourth-order valence-corrected chi connectivity index (χ4v) is 2.90. The number of aryl methyl sites for hydroxylation is 1. The van der Waals surface area contributed by atoms with Gasteiger partial charge >= 0.3 is 0 Å². The molecule has 0 aliphatic rings. The van der Waals surface area contributed by atoms with Crippen molar-refractivity contribution < 1.29 is 8.42 Å². The van der Waals surface area contributed by atoms with E-state index in [1.807, 2.05) is 12.1 Å². The lowest BCUT2D eigenvalue weighted by atomic mass is 10.1. The molecule has 21 heavy (non-hydrogen) atoms. The van der Waals surface area contributed by atoms with Crippen LogP contribution in [-0.4, -0.2) is 32.5 Å². The number of benzene rings is 1. The predicted octanol–water partition coefficient (Wildman–Crippen LogP) is 1.91. The second kappa shape index (κ2) is 6.09. The number of nitrogens with one attached hydrogen (secondary N) is 1. The van der Waals surface area contributed by atoms with E-state index < -0.39 is 10.0 Å². The smallest absolute Gasteiger partial charge is 0.267 e. The van der Waals surface area contributed by atoms with E-state index in [0.717, 1.165) is 12.0 Å². The van der Waals surface area contributed by atoms with Crippen molar-refractivity contribution in [1.29, 1.82) is 0 Å². The van der Waals surface area contributed by atoms with Gasteiger partial charge in [0, 0.05) is 14.1 Å². The SMILES string of the molecule is CCc1ccc(N(C)S(=O)(=O)c2cnc(NC)nc2)cc1.